The Hall–Kier alpha value is -3.03. The molecule has 7 heteroatoms. The standard InChI is InChI=1S/C27H28N2O3S2/c1-19-11-13-21(14-12-19)33-17-7-10-24(30)29(18-20-8-5-4-6-9-20)27-28-25-22(31-2)15-16-23(32-3)26(25)34-27/h4-6,8-9,11-16H,7,10,17-18H2,1-3H3. The third kappa shape index (κ3) is 5.72. The molecule has 0 aliphatic rings. The number of aromatic nitrogens is 1. The third-order valence-corrected chi connectivity index (χ3v) is 7.63. The highest BCUT2D eigenvalue weighted by atomic mass is 32.2. The van der Waals surface area contributed by atoms with Gasteiger partial charge in [0.15, 0.2) is 5.13 Å². The van der Waals surface area contributed by atoms with Crippen molar-refractivity contribution in [1.82, 2.24) is 4.98 Å². The van der Waals surface area contributed by atoms with Crippen molar-refractivity contribution >= 4 is 44.4 Å². The van der Waals surface area contributed by atoms with E-state index in [0.717, 1.165) is 28.2 Å². The summed E-state index contributed by atoms with van der Waals surface area (Å²) in [5.41, 5.74) is 3.02. The average Bonchev–Trinajstić information content (AvgIpc) is 3.31. The van der Waals surface area contributed by atoms with E-state index in [9.17, 15) is 4.79 Å². The van der Waals surface area contributed by atoms with Crippen molar-refractivity contribution in [1.29, 1.82) is 0 Å². The second kappa shape index (κ2) is 11.4. The number of fused-ring (bicyclic) bond motifs is 1. The largest absolute Gasteiger partial charge is 0.495 e. The predicted octanol–water partition coefficient (Wildman–Crippen LogP) is 6.73. The lowest BCUT2D eigenvalue weighted by molar-refractivity contribution is -0.118. The Balaban J connectivity index is 1.54. The van der Waals surface area contributed by atoms with E-state index in [2.05, 4.69) is 31.2 Å². The minimum Gasteiger partial charge on any atom is -0.495 e. The Bertz CT molecular complexity index is 1200. The number of rotatable bonds is 10. The third-order valence-electron chi connectivity index (χ3n) is 5.44. The lowest BCUT2D eigenvalue weighted by Crippen LogP contribution is -2.30. The van der Waals surface area contributed by atoms with Crippen molar-refractivity contribution in [2.75, 3.05) is 24.9 Å². The van der Waals surface area contributed by atoms with E-state index in [4.69, 9.17) is 14.5 Å². The zero-order valence-corrected chi connectivity index (χ0v) is 21.2. The number of carbonyl (C=O) groups excluding carboxylic acids is 1. The van der Waals surface area contributed by atoms with E-state index in [1.807, 2.05) is 42.5 Å². The van der Waals surface area contributed by atoms with Crippen LogP contribution in [0.4, 0.5) is 5.13 Å². The molecule has 0 unspecified atom stereocenters. The van der Waals surface area contributed by atoms with Gasteiger partial charge >= 0.3 is 0 Å². The topological polar surface area (TPSA) is 51.7 Å². The monoisotopic (exact) mass is 492 g/mol. The molecule has 0 bridgehead atoms. The fraction of sp³-hybridized carbons (Fsp3) is 0.259. The molecule has 0 aliphatic carbocycles. The smallest absolute Gasteiger partial charge is 0.229 e. The van der Waals surface area contributed by atoms with E-state index in [1.165, 1.54) is 21.8 Å². The first-order valence-corrected chi connectivity index (χ1v) is 12.9. The van der Waals surface area contributed by atoms with Gasteiger partial charge in [0.2, 0.25) is 5.91 Å². The van der Waals surface area contributed by atoms with Crippen LogP contribution < -0.4 is 14.4 Å². The molecule has 0 radical (unpaired) electrons. The summed E-state index contributed by atoms with van der Waals surface area (Å²) in [6.45, 7) is 2.55. The molecule has 34 heavy (non-hydrogen) atoms. The van der Waals surface area contributed by atoms with Crippen LogP contribution in [0, 0.1) is 6.92 Å². The van der Waals surface area contributed by atoms with Gasteiger partial charge in [0.25, 0.3) is 0 Å². The first-order valence-electron chi connectivity index (χ1n) is 11.1. The summed E-state index contributed by atoms with van der Waals surface area (Å²) in [6.07, 6.45) is 1.25. The van der Waals surface area contributed by atoms with Crippen molar-refractivity contribution in [3.63, 3.8) is 0 Å². The van der Waals surface area contributed by atoms with Crippen LogP contribution in [0.25, 0.3) is 10.2 Å². The van der Waals surface area contributed by atoms with Gasteiger partial charge < -0.3 is 9.47 Å². The number of hydrogen-bond acceptors (Lipinski definition) is 6. The molecular formula is C27H28N2O3S2. The first-order chi connectivity index (χ1) is 16.6. The van der Waals surface area contributed by atoms with E-state index in [1.54, 1.807) is 30.9 Å². The zero-order valence-electron chi connectivity index (χ0n) is 19.6. The number of amides is 1. The van der Waals surface area contributed by atoms with Gasteiger partial charge in [-0.25, -0.2) is 4.98 Å². The van der Waals surface area contributed by atoms with Gasteiger partial charge in [-0.1, -0.05) is 59.4 Å². The predicted molar refractivity (Wildman–Crippen MR) is 141 cm³/mol. The lowest BCUT2D eigenvalue weighted by atomic mass is 10.2. The van der Waals surface area contributed by atoms with Crippen LogP contribution >= 0.6 is 23.1 Å². The fourth-order valence-electron chi connectivity index (χ4n) is 3.60. The molecule has 1 heterocycles. The number of thioether (sulfide) groups is 1. The molecule has 0 spiro atoms. The van der Waals surface area contributed by atoms with Crippen molar-refractivity contribution in [3.05, 3.63) is 77.9 Å². The molecule has 0 atom stereocenters. The molecule has 5 nitrogen and oxygen atoms in total. The summed E-state index contributed by atoms with van der Waals surface area (Å²) < 4.78 is 11.9. The highest BCUT2D eigenvalue weighted by Gasteiger charge is 2.22. The van der Waals surface area contributed by atoms with Crippen LogP contribution in [0.15, 0.2) is 71.6 Å². The summed E-state index contributed by atoms with van der Waals surface area (Å²) in [7, 11) is 3.26. The van der Waals surface area contributed by atoms with Crippen LogP contribution in [-0.2, 0) is 11.3 Å². The minimum atomic E-state index is 0.0605. The summed E-state index contributed by atoms with van der Waals surface area (Å²) in [5, 5.41) is 0.651. The van der Waals surface area contributed by atoms with Crippen LogP contribution in [0.3, 0.4) is 0 Å². The van der Waals surface area contributed by atoms with Gasteiger partial charge in [-0.05, 0) is 48.9 Å². The summed E-state index contributed by atoms with van der Waals surface area (Å²) in [5.74, 6) is 2.33. The zero-order chi connectivity index (χ0) is 23.9. The molecule has 176 valence electrons. The van der Waals surface area contributed by atoms with Crippen molar-refractivity contribution < 1.29 is 14.3 Å². The molecular weight excluding hydrogens is 464 g/mol. The van der Waals surface area contributed by atoms with Gasteiger partial charge in [0.1, 0.15) is 21.7 Å². The molecule has 1 aromatic heterocycles. The summed E-state index contributed by atoms with van der Waals surface area (Å²) in [6, 6.07) is 22.2. The Morgan fingerprint density at radius 1 is 0.971 bits per heavy atom. The van der Waals surface area contributed by atoms with Crippen LogP contribution in [-0.4, -0.2) is 30.9 Å². The fourth-order valence-corrected chi connectivity index (χ4v) is 5.54. The van der Waals surface area contributed by atoms with Crippen molar-refractivity contribution in [3.8, 4) is 11.5 Å². The van der Waals surface area contributed by atoms with E-state index in [0.29, 0.717) is 29.4 Å². The van der Waals surface area contributed by atoms with Gasteiger partial charge in [-0.3, -0.25) is 9.69 Å². The molecule has 3 aromatic carbocycles. The number of aryl methyl sites for hydroxylation is 1. The number of ether oxygens (including phenoxy) is 2. The van der Waals surface area contributed by atoms with Crippen LogP contribution in [0.2, 0.25) is 0 Å². The lowest BCUT2D eigenvalue weighted by Gasteiger charge is -2.20. The maximum Gasteiger partial charge on any atom is 0.229 e. The first kappa shape index (κ1) is 24.1. The second-order valence-corrected chi connectivity index (χ2v) is 10.0. The van der Waals surface area contributed by atoms with Crippen LogP contribution in [0.1, 0.15) is 24.0 Å². The highest BCUT2D eigenvalue weighted by molar-refractivity contribution is 7.99. The number of hydrogen-bond donors (Lipinski definition) is 0. The van der Waals surface area contributed by atoms with Crippen molar-refractivity contribution in [2.45, 2.75) is 31.2 Å². The number of anilines is 1. The maximum absolute atomic E-state index is 13.4. The summed E-state index contributed by atoms with van der Waals surface area (Å²) in [4.78, 5) is 21.2. The van der Waals surface area contributed by atoms with E-state index in [-0.39, 0.29) is 5.91 Å². The van der Waals surface area contributed by atoms with Gasteiger partial charge in [0.05, 0.1) is 20.8 Å². The summed E-state index contributed by atoms with van der Waals surface area (Å²) >= 11 is 3.23. The Labute approximate surface area is 208 Å². The molecule has 4 rings (SSSR count). The number of benzene rings is 3. The molecule has 0 aliphatic heterocycles. The molecule has 0 saturated heterocycles. The van der Waals surface area contributed by atoms with Crippen molar-refractivity contribution in [2.24, 2.45) is 0 Å². The maximum atomic E-state index is 13.4. The van der Waals surface area contributed by atoms with E-state index < -0.39 is 0 Å². The quantitative estimate of drug-likeness (QED) is 0.181. The van der Waals surface area contributed by atoms with Gasteiger partial charge in [-0.15, -0.1) is 11.8 Å². The molecule has 0 N–H and O–H groups in total. The molecule has 1 amide bonds. The van der Waals surface area contributed by atoms with Gasteiger partial charge in [-0.2, -0.15) is 0 Å². The number of thiazole rings is 1. The normalized spacial score (nSPS) is 10.9. The number of carbonyl (C=O) groups is 1. The number of methoxy groups -OCH3 is 2. The number of nitrogens with zero attached hydrogens (tertiary/aromatic N) is 2. The average molecular weight is 493 g/mol. The molecule has 0 fully saturated rings. The Kier molecular flexibility index (Phi) is 8.08. The van der Waals surface area contributed by atoms with Crippen LogP contribution in [0.5, 0.6) is 11.5 Å². The Morgan fingerprint density at radius 2 is 1.68 bits per heavy atom. The molecule has 4 aromatic rings. The second-order valence-electron chi connectivity index (χ2n) is 7.87. The van der Waals surface area contributed by atoms with E-state index >= 15 is 0 Å². The Morgan fingerprint density at radius 3 is 2.38 bits per heavy atom. The minimum absolute atomic E-state index is 0.0605. The SMILES string of the molecule is COc1ccc(OC)c2sc(N(Cc3ccccc3)C(=O)CCCSc3ccc(C)cc3)nc12. The van der Waals surface area contributed by atoms with Gasteiger partial charge in [0, 0.05) is 11.3 Å². The molecule has 0 saturated carbocycles. The highest BCUT2D eigenvalue weighted by Crippen LogP contribution is 2.40.